The number of esters is 1. The van der Waals surface area contributed by atoms with E-state index >= 15 is 0 Å². The highest BCUT2D eigenvalue weighted by Crippen LogP contribution is 2.49. The van der Waals surface area contributed by atoms with E-state index < -0.39 is 12.1 Å². The molecule has 0 unspecified atom stereocenters. The van der Waals surface area contributed by atoms with Crippen LogP contribution in [0.4, 0.5) is 0 Å². The van der Waals surface area contributed by atoms with Crippen LogP contribution in [-0.4, -0.2) is 41.9 Å². The lowest BCUT2D eigenvalue weighted by Crippen LogP contribution is -2.30. The van der Waals surface area contributed by atoms with E-state index in [0.29, 0.717) is 27.6 Å². The first-order valence-electron chi connectivity index (χ1n) is 9.72. The molecule has 33 heavy (non-hydrogen) atoms. The molecule has 0 aliphatic heterocycles. The average Bonchev–Trinajstić information content (AvgIpc) is 3.10. The molecule has 11 heteroatoms. The van der Waals surface area contributed by atoms with Crippen LogP contribution in [0.5, 0.6) is 5.75 Å². The molecule has 176 valence electrons. The van der Waals surface area contributed by atoms with E-state index in [4.69, 9.17) is 49.0 Å². The normalized spacial score (nSPS) is 12.1. The third-order valence-electron chi connectivity index (χ3n) is 4.75. The predicted octanol–water partition coefficient (Wildman–Crippen LogP) is 7.05. The van der Waals surface area contributed by atoms with Crippen LogP contribution in [0.3, 0.4) is 0 Å². The van der Waals surface area contributed by atoms with E-state index in [1.807, 2.05) is 13.8 Å². The van der Waals surface area contributed by atoms with E-state index in [0.717, 1.165) is 35.4 Å². The topological polar surface area (TPSA) is 70.5 Å². The van der Waals surface area contributed by atoms with Crippen molar-refractivity contribution < 1.29 is 19.0 Å². The second-order valence-electron chi connectivity index (χ2n) is 7.05. The average molecular weight is 642 g/mol. The van der Waals surface area contributed by atoms with Crippen molar-refractivity contribution >= 4 is 84.9 Å². The zero-order valence-corrected chi connectivity index (χ0v) is 23.2. The molecule has 0 aliphatic rings. The van der Waals surface area contributed by atoms with Crippen LogP contribution in [0, 0.1) is 16.7 Å². The smallest absolute Gasteiger partial charge is 0.302 e. The van der Waals surface area contributed by atoms with Crippen molar-refractivity contribution in [3.05, 3.63) is 48.2 Å². The maximum atomic E-state index is 11.3. The third kappa shape index (κ3) is 5.74. The van der Waals surface area contributed by atoms with Gasteiger partial charge >= 0.3 is 5.97 Å². The molecule has 2 aromatic heterocycles. The molecule has 0 aliphatic carbocycles. The standard InChI is InChI=1S/C22H20Cl3IN2O4S/c1-5-6-30-7-13(8-31-12(4)29)32-19-17(23)10(2)14(11(3)18(19)24)15-16-20(25)27-9-28-22(16)33-21(15)26/h5,9,13H,1,6-8H2,2-4H3/t13-/m1/s1. The zero-order valence-electron chi connectivity index (χ0n) is 18.0. The van der Waals surface area contributed by atoms with Crippen LogP contribution >= 0.6 is 68.7 Å². The van der Waals surface area contributed by atoms with E-state index in [9.17, 15) is 4.79 Å². The first kappa shape index (κ1) is 26.4. The molecule has 0 fully saturated rings. The molecule has 6 nitrogen and oxygen atoms in total. The van der Waals surface area contributed by atoms with Gasteiger partial charge in [-0.3, -0.25) is 4.79 Å². The second-order valence-corrected chi connectivity index (χ2v) is 11.0. The van der Waals surface area contributed by atoms with E-state index in [1.165, 1.54) is 24.6 Å². The fraction of sp³-hybridized carbons (Fsp3) is 0.318. The molecule has 0 N–H and O–H groups in total. The highest BCUT2D eigenvalue weighted by Gasteiger charge is 2.27. The summed E-state index contributed by atoms with van der Waals surface area (Å²) in [5.74, 6) is -0.126. The van der Waals surface area contributed by atoms with Crippen molar-refractivity contribution in [2.24, 2.45) is 0 Å². The maximum absolute atomic E-state index is 11.3. The summed E-state index contributed by atoms with van der Waals surface area (Å²) in [7, 11) is 0. The van der Waals surface area contributed by atoms with Crippen molar-refractivity contribution in [2.75, 3.05) is 19.8 Å². The summed E-state index contributed by atoms with van der Waals surface area (Å²) < 4.78 is 17.7. The minimum atomic E-state index is -0.613. The lowest BCUT2D eigenvalue weighted by molar-refractivity contribution is -0.144. The highest BCUT2D eigenvalue weighted by atomic mass is 127. The highest BCUT2D eigenvalue weighted by molar-refractivity contribution is 14.1. The molecular weight excluding hydrogens is 622 g/mol. The molecule has 1 aromatic carbocycles. The Hall–Kier alpha value is -1.17. The SMILES string of the molecule is C=CCOC[C@H](COC(C)=O)Oc1c(Cl)c(C)c(-c2c(I)sc3ncnc(Cl)c23)c(C)c1Cl. The van der Waals surface area contributed by atoms with Gasteiger partial charge in [0.1, 0.15) is 22.9 Å². The van der Waals surface area contributed by atoms with Gasteiger partial charge in [0, 0.05) is 12.5 Å². The number of nitrogens with zero attached hydrogens (tertiary/aromatic N) is 2. The Labute approximate surface area is 224 Å². The van der Waals surface area contributed by atoms with Gasteiger partial charge in [0.2, 0.25) is 0 Å². The molecule has 0 saturated heterocycles. The van der Waals surface area contributed by atoms with Crippen molar-refractivity contribution in [3.8, 4) is 16.9 Å². The largest absolute Gasteiger partial charge is 0.481 e. The molecule has 1 atom stereocenters. The number of halogens is 4. The Morgan fingerprint density at radius 3 is 2.45 bits per heavy atom. The number of benzene rings is 1. The van der Waals surface area contributed by atoms with Crippen molar-refractivity contribution in [1.29, 1.82) is 0 Å². The minimum Gasteiger partial charge on any atom is -0.481 e. The number of carbonyl (C=O) groups excluding carboxylic acids is 1. The Balaban J connectivity index is 2.08. The summed E-state index contributed by atoms with van der Waals surface area (Å²) in [6.07, 6.45) is 2.45. The summed E-state index contributed by atoms with van der Waals surface area (Å²) in [5.41, 5.74) is 3.27. The summed E-state index contributed by atoms with van der Waals surface area (Å²) in [6.45, 7) is 9.20. The van der Waals surface area contributed by atoms with Crippen LogP contribution in [0.15, 0.2) is 19.0 Å². The quantitative estimate of drug-likeness (QED) is 0.0820. The number of ether oxygens (including phenoxy) is 3. The summed E-state index contributed by atoms with van der Waals surface area (Å²) in [5, 5.41) is 1.81. The van der Waals surface area contributed by atoms with Crippen LogP contribution in [-0.2, 0) is 14.3 Å². The summed E-state index contributed by atoms with van der Waals surface area (Å²) in [6, 6.07) is 0. The summed E-state index contributed by atoms with van der Waals surface area (Å²) in [4.78, 5) is 20.6. The fourth-order valence-corrected chi connectivity index (χ4v) is 6.13. The van der Waals surface area contributed by atoms with Crippen LogP contribution in [0.25, 0.3) is 21.3 Å². The van der Waals surface area contributed by atoms with E-state index in [1.54, 1.807) is 6.08 Å². The lowest BCUT2D eigenvalue weighted by atomic mass is 9.95. The minimum absolute atomic E-state index is 0.0149. The molecular formula is C22H20Cl3IN2O4S. The molecule has 0 bridgehead atoms. The Morgan fingerprint density at radius 2 is 1.85 bits per heavy atom. The van der Waals surface area contributed by atoms with Gasteiger partial charge < -0.3 is 14.2 Å². The molecule has 2 heterocycles. The van der Waals surface area contributed by atoms with E-state index in [2.05, 4.69) is 39.1 Å². The number of aromatic nitrogens is 2. The van der Waals surface area contributed by atoms with Gasteiger partial charge in [-0.05, 0) is 53.1 Å². The van der Waals surface area contributed by atoms with Gasteiger partial charge in [-0.2, -0.15) is 0 Å². The number of carbonyl (C=O) groups is 1. The fourth-order valence-electron chi connectivity index (χ4n) is 3.29. The molecule has 0 amide bonds. The van der Waals surface area contributed by atoms with Crippen LogP contribution in [0.1, 0.15) is 18.1 Å². The number of fused-ring (bicyclic) bond motifs is 1. The second kappa shape index (κ2) is 11.5. The molecule has 0 radical (unpaired) electrons. The summed E-state index contributed by atoms with van der Waals surface area (Å²) >= 11 is 23.7. The molecule has 0 spiro atoms. The maximum Gasteiger partial charge on any atom is 0.302 e. The van der Waals surface area contributed by atoms with Gasteiger partial charge in [-0.1, -0.05) is 40.9 Å². The number of rotatable bonds is 9. The number of thiophene rings is 1. The number of hydrogen-bond acceptors (Lipinski definition) is 7. The zero-order chi connectivity index (χ0) is 24.3. The van der Waals surface area contributed by atoms with Crippen LogP contribution in [0.2, 0.25) is 15.2 Å². The van der Waals surface area contributed by atoms with Crippen LogP contribution < -0.4 is 4.74 Å². The molecule has 3 rings (SSSR count). The Bertz CT molecular complexity index is 1190. The van der Waals surface area contributed by atoms with Gasteiger partial charge in [0.15, 0.2) is 11.9 Å². The first-order chi connectivity index (χ1) is 15.7. The van der Waals surface area contributed by atoms with Gasteiger partial charge in [0.25, 0.3) is 0 Å². The third-order valence-corrected chi connectivity index (χ3v) is 8.04. The van der Waals surface area contributed by atoms with Gasteiger partial charge in [-0.25, -0.2) is 9.97 Å². The Morgan fingerprint density at radius 1 is 1.18 bits per heavy atom. The predicted molar refractivity (Wildman–Crippen MR) is 142 cm³/mol. The molecule has 0 saturated carbocycles. The van der Waals surface area contributed by atoms with Crippen molar-refractivity contribution in [1.82, 2.24) is 9.97 Å². The van der Waals surface area contributed by atoms with Gasteiger partial charge in [0.05, 0.1) is 31.5 Å². The lowest BCUT2D eigenvalue weighted by Gasteiger charge is -2.23. The molecule has 3 aromatic rings. The Kier molecular flexibility index (Phi) is 9.22. The van der Waals surface area contributed by atoms with Gasteiger partial charge in [-0.15, -0.1) is 17.9 Å². The van der Waals surface area contributed by atoms with E-state index in [-0.39, 0.29) is 13.2 Å². The van der Waals surface area contributed by atoms with Crippen molar-refractivity contribution in [3.63, 3.8) is 0 Å². The monoisotopic (exact) mass is 640 g/mol. The number of hydrogen-bond donors (Lipinski definition) is 0. The first-order valence-corrected chi connectivity index (χ1v) is 12.8. The van der Waals surface area contributed by atoms with Crippen molar-refractivity contribution in [2.45, 2.75) is 26.9 Å².